The van der Waals surface area contributed by atoms with Gasteiger partial charge in [-0.25, -0.2) is 0 Å². The summed E-state index contributed by atoms with van der Waals surface area (Å²) >= 11 is 0. The van der Waals surface area contributed by atoms with E-state index in [9.17, 15) is 0 Å². The number of hydrogen-bond donors (Lipinski definition) is 4. The topological polar surface area (TPSA) is 72.7 Å². The van der Waals surface area contributed by atoms with Gasteiger partial charge < -0.3 is 15.3 Å². The molecule has 4 nitrogen and oxygen atoms in total. The van der Waals surface area contributed by atoms with Crippen LogP contribution in [0.3, 0.4) is 0 Å². The Morgan fingerprint density at radius 1 is 1.17 bits per heavy atom. The van der Waals surface area contributed by atoms with Crippen LogP contribution in [0.1, 0.15) is 6.92 Å². The van der Waals surface area contributed by atoms with E-state index in [-0.39, 0.29) is 19.8 Å². The van der Waals surface area contributed by atoms with E-state index in [1.807, 2.05) is 0 Å². The molecule has 0 aliphatic heterocycles. The molecular weight excluding hydrogens is 158 g/mol. The number of nitrogens with one attached hydrogen (secondary N) is 1. The van der Waals surface area contributed by atoms with Gasteiger partial charge in [0.05, 0.1) is 31.9 Å². The molecule has 0 saturated heterocycles. The third-order valence-electron chi connectivity index (χ3n) is 1.64. The Kier molecular flexibility index (Phi) is 5.68. The lowest BCUT2D eigenvalue weighted by Gasteiger charge is -2.27. The lowest BCUT2D eigenvalue weighted by atomic mass is 10.0. The minimum atomic E-state index is -1.01. The quantitative estimate of drug-likeness (QED) is 0.375. The van der Waals surface area contributed by atoms with E-state index in [0.717, 1.165) is 0 Å². The number of aliphatic hydroxyl groups excluding tert-OH is 3. The van der Waals surface area contributed by atoms with E-state index >= 15 is 0 Å². The molecule has 0 saturated carbocycles. The number of aliphatic hydroxyl groups is 3. The predicted octanol–water partition coefficient (Wildman–Crippen LogP) is -1.68. The molecule has 4 N–H and O–H groups in total. The van der Waals surface area contributed by atoms with Crippen molar-refractivity contribution in [2.75, 3.05) is 26.4 Å². The standard InChI is InChI=1S/C8H15NO3/c1-2-3-4-9-8(5-10,6-11)7-12/h9-12H,4-7H2,1H3. The van der Waals surface area contributed by atoms with Gasteiger partial charge in [0.1, 0.15) is 0 Å². The predicted molar refractivity (Wildman–Crippen MR) is 45.4 cm³/mol. The zero-order valence-corrected chi connectivity index (χ0v) is 7.17. The van der Waals surface area contributed by atoms with Gasteiger partial charge in [-0.1, -0.05) is 5.92 Å². The second kappa shape index (κ2) is 5.98. The summed E-state index contributed by atoms with van der Waals surface area (Å²) in [5.41, 5.74) is -1.01. The van der Waals surface area contributed by atoms with Crippen LogP contribution in [0.15, 0.2) is 0 Å². The molecule has 0 aliphatic carbocycles. The fourth-order valence-corrected chi connectivity index (χ4v) is 0.638. The van der Waals surface area contributed by atoms with Crippen molar-refractivity contribution in [2.45, 2.75) is 12.5 Å². The third-order valence-corrected chi connectivity index (χ3v) is 1.64. The van der Waals surface area contributed by atoms with Crippen LogP contribution in [-0.2, 0) is 0 Å². The highest BCUT2D eigenvalue weighted by Gasteiger charge is 2.26. The summed E-state index contributed by atoms with van der Waals surface area (Å²) in [6, 6.07) is 0. The van der Waals surface area contributed by atoms with Crippen molar-refractivity contribution in [3.8, 4) is 11.8 Å². The van der Waals surface area contributed by atoms with E-state index in [0.29, 0.717) is 6.54 Å². The molecule has 70 valence electrons. The van der Waals surface area contributed by atoms with Gasteiger partial charge in [-0.15, -0.1) is 5.92 Å². The molecule has 12 heavy (non-hydrogen) atoms. The Balaban J connectivity index is 3.98. The van der Waals surface area contributed by atoms with E-state index in [1.54, 1.807) is 6.92 Å². The fourth-order valence-electron chi connectivity index (χ4n) is 0.638. The normalized spacial score (nSPS) is 10.7. The summed E-state index contributed by atoms with van der Waals surface area (Å²) in [6.07, 6.45) is 0. The van der Waals surface area contributed by atoms with Crippen LogP contribution in [-0.4, -0.2) is 47.2 Å². The molecule has 0 heterocycles. The molecule has 0 amide bonds. The molecule has 0 unspecified atom stereocenters. The maximum atomic E-state index is 8.85. The third kappa shape index (κ3) is 3.20. The first-order valence-electron chi connectivity index (χ1n) is 3.72. The van der Waals surface area contributed by atoms with E-state index in [1.165, 1.54) is 0 Å². The Morgan fingerprint density at radius 3 is 2.00 bits per heavy atom. The number of hydrogen-bond acceptors (Lipinski definition) is 4. The van der Waals surface area contributed by atoms with Gasteiger partial charge in [-0.05, 0) is 6.92 Å². The molecule has 4 heteroatoms. The van der Waals surface area contributed by atoms with Crippen LogP contribution >= 0.6 is 0 Å². The average Bonchev–Trinajstić information content (AvgIpc) is 2.14. The molecule has 0 atom stereocenters. The molecule has 0 aromatic heterocycles. The lowest BCUT2D eigenvalue weighted by Crippen LogP contribution is -2.54. The molecule has 0 radical (unpaired) electrons. The highest BCUT2D eigenvalue weighted by Crippen LogP contribution is 1.99. The van der Waals surface area contributed by atoms with Crippen molar-refractivity contribution in [1.29, 1.82) is 0 Å². The lowest BCUT2D eigenvalue weighted by molar-refractivity contribution is 0.0455. The number of rotatable bonds is 5. The van der Waals surface area contributed by atoms with Gasteiger partial charge in [0.25, 0.3) is 0 Å². The summed E-state index contributed by atoms with van der Waals surface area (Å²) in [4.78, 5) is 0. The van der Waals surface area contributed by atoms with Crippen molar-refractivity contribution in [1.82, 2.24) is 5.32 Å². The molecule has 0 spiro atoms. The van der Waals surface area contributed by atoms with E-state index in [4.69, 9.17) is 15.3 Å². The van der Waals surface area contributed by atoms with Crippen LogP contribution in [0.25, 0.3) is 0 Å². The maximum absolute atomic E-state index is 8.85. The SMILES string of the molecule is CC#CCNC(CO)(CO)CO. The Hall–Kier alpha value is -0.600. The smallest absolute Gasteiger partial charge is 0.0888 e. The Morgan fingerprint density at radius 2 is 1.67 bits per heavy atom. The molecule has 0 aromatic carbocycles. The van der Waals surface area contributed by atoms with Gasteiger partial charge in [0, 0.05) is 0 Å². The molecule has 0 bridgehead atoms. The van der Waals surface area contributed by atoms with Crippen molar-refractivity contribution in [3.05, 3.63) is 0 Å². The first kappa shape index (κ1) is 11.4. The molecule has 0 fully saturated rings. The van der Waals surface area contributed by atoms with Crippen LogP contribution in [0, 0.1) is 11.8 Å². The van der Waals surface area contributed by atoms with Crippen molar-refractivity contribution in [3.63, 3.8) is 0 Å². The highest BCUT2D eigenvalue weighted by atomic mass is 16.3. The summed E-state index contributed by atoms with van der Waals surface area (Å²) in [5.74, 6) is 5.37. The summed E-state index contributed by atoms with van der Waals surface area (Å²) in [7, 11) is 0. The highest BCUT2D eigenvalue weighted by molar-refractivity contribution is 5.00. The van der Waals surface area contributed by atoms with Crippen LogP contribution < -0.4 is 5.32 Å². The average molecular weight is 173 g/mol. The van der Waals surface area contributed by atoms with Gasteiger partial charge in [-0.2, -0.15) is 0 Å². The van der Waals surface area contributed by atoms with Gasteiger partial charge in [-0.3, -0.25) is 5.32 Å². The zero-order chi connectivity index (χ0) is 9.45. The molecule has 0 rings (SSSR count). The first-order valence-corrected chi connectivity index (χ1v) is 3.72. The zero-order valence-electron chi connectivity index (χ0n) is 7.17. The van der Waals surface area contributed by atoms with E-state index < -0.39 is 5.54 Å². The first-order chi connectivity index (χ1) is 5.74. The van der Waals surface area contributed by atoms with Crippen molar-refractivity contribution in [2.24, 2.45) is 0 Å². The minimum Gasteiger partial charge on any atom is -0.394 e. The summed E-state index contributed by atoms with van der Waals surface area (Å²) in [6.45, 7) is 1.10. The monoisotopic (exact) mass is 173 g/mol. The largest absolute Gasteiger partial charge is 0.394 e. The van der Waals surface area contributed by atoms with Crippen molar-refractivity contribution < 1.29 is 15.3 Å². The second-order valence-electron chi connectivity index (χ2n) is 2.54. The molecule has 0 aliphatic rings. The van der Waals surface area contributed by atoms with Gasteiger partial charge >= 0.3 is 0 Å². The Bertz CT molecular complexity index is 159. The minimum absolute atomic E-state index is 0.314. The fraction of sp³-hybridized carbons (Fsp3) is 0.750. The van der Waals surface area contributed by atoms with Crippen LogP contribution in [0.2, 0.25) is 0 Å². The van der Waals surface area contributed by atoms with Gasteiger partial charge in [0.2, 0.25) is 0 Å². The summed E-state index contributed by atoms with van der Waals surface area (Å²) in [5, 5.41) is 29.3. The van der Waals surface area contributed by atoms with Crippen LogP contribution in [0.5, 0.6) is 0 Å². The van der Waals surface area contributed by atoms with Gasteiger partial charge in [0.15, 0.2) is 0 Å². The van der Waals surface area contributed by atoms with Crippen molar-refractivity contribution >= 4 is 0 Å². The molecular formula is C8H15NO3. The van der Waals surface area contributed by atoms with E-state index in [2.05, 4.69) is 17.2 Å². The Labute approximate surface area is 72.2 Å². The molecule has 0 aromatic rings. The van der Waals surface area contributed by atoms with Crippen LogP contribution in [0.4, 0.5) is 0 Å². The summed E-state index contributed by atoms with van der Waals surface area (Å²) < 4.78 is 0. The second-order valence-corrected chi connectivity index (χ2v) is 2.54. The maximum Gasteiger partial charge on any atom is 0.0888 e.